The van der Waals surface area contributed by atoms with Gasteiger partial charge in [-0.2, -0.15) is 15.0 Å². The first-order chi connectivity index (χ1) is 11.6. The van der Waals surface area contributed by atoms with E-state index in [-0.39, 0.29) is 30.1 Å². The summed E-state index contributed by atoms with van der Waals surface area (Å²) in [4.78, 5) is 24.3. The number of nitrogens with zero attached hydrogens (tertiary/aromatic N) is 3. The van der Waals surface area contributed by atoms with Crippen LogP contribution in [0.5, 0.6) is 0 Å². The van der Waals surface area contributed by atoms with E-state index in [1.807, 2.05) is 0 Å². The van der Waals surface area contributed by atoms with Crippen molar-refractivity contribution in [1.29, 1.82) is 0 Å². The van der Waals surface area contributed by atoms with E-state index < -0.39 is 5.97 Å². The number of carbonyl (C=O) groups excluding carboxylic acids is 1. The maximum Gasteiger partial charge on any atom is 0.348 e. The lowest BCUT2D eigenvalue weighted by atomic mass is 10.3. The highest BCUT2D eigenvalue weighted by Gasteiger charge is 2.11. The van der Waals surface area contributed by atoms with Crippen LogP contribution in [0.1, 0.15) is 15.5 Å². The lowest BCUT2D eigenvalue weighted by Gasteiger charge is -2.07. The van der Waals surface area contributed by atoms with E-state index in [9.17, 15) is 9.18 Å². The highest BCUT2D eigenvalue weighted by molar-refractivity contribution is 7.11. The van der Waals surface area contributed by atoms with Crippen LogP contribution in [0.15, 0.2) is 41.8 Å². The van der Waals surface area contributed by atoms with Gasteiger partial charge in [-0.05, 0) is 35.7 Å². The Balaban J connectivity index is 1.69. The molecular formula is C15H12FN5O2S. The summed E-state index contributed by atoms with van der Waals surface area (Å²) in [5.41, 5.74) is 6.22. The first kappa shape index (κ1) is 15.8. The molecule has 3 aromatic rings. The predicted octanol–water partition coefficient (Wildman–Crippen LogP) is 2.76. The summed E-state index contributed by atoms with van der Waals surface area (Å²) in [6.45, 7) is -0.137. The molecule has 0 aliphatic rings. The molecule has 3 N–H and O–H groups in total. The Morgan fingerprint density at radius 3 is 2.71 bits per heavy atom. The molecule has 0 saturated heterocycles. The molecule has 24 heavy (non-hydrogen) atoms. The number of nitrogens with one attached hydrogen (secondary N) is 1. The van der Waals surface area contributed by atoms with Gasteiger partial charge < -0.3 is 15.8 Å². The van der Waals surface area contributed by atoms with E-state index in [0.29, 0.717) is 10.6 Å². The molecule has 0 saturated carbocycles. The average Bonchev–Trinajstić information content (AvgIpc) is 3.09. The first-order valence-electron chi connectivity index (χ1n) is 6.84. The number of ether oxygens (including phenoxy) is 1. The summed E-state index contributed by atoms with van der Waals surface area (Å²) in [5.74, 6) is -0.445. The number of nitrogen functional groups attached to an aromatic ring is 1. The van der Waals surface area contributed by atoms with Gasteiger partial charge in [-0.25, -0.2) is 9.18 Å². The zero-order valence-corrected chi connectivity index (χ0v) is 13.1. The second kappa shape index (κ2) is 7.01. The Kier molecular flexibility index (Phi) is 4.62. The summed E-state index contributed by atoms with van der Waals surface area (Å²) in [6.07, 6.45) is 0. The molecule has 7 nitrogen and oxygen atoms in total. The van der Waals surface area contributed by atoms with Crippen LogP contribution < -0.4 is 11.1 Å². The van der Waals surface area contributed by atoms with Crippen molar-refractivity contribution in [3.8, 4) is 0 Å². The zero-order chi connectivity index (χ0) is 16.9. The van der Waals surface area contributed by atoms with E-state index in [1.54, 1.807) is 17.5 Å². The zero-order valence-electron chi connectivity index (χ0n) is 12.3. The lowest BCUT2D eigenvalue weighted by molar-refractivity contribution is 0.0468. The summed E-state index contributed by atoms with van der Waals surface area (Å²) < 4.78 is 18.0. The van der Waals surface area contributed by atoms with Gasteiger partial charge in [0.25, 0.3) is 0 Å². The van der Waals surface area contributed by atoms with Crippen molar-refractivity contribution >= 4 is 34.9 Å². The third kappa shape index (κ3) is 4.02. The van der Waals surface area contributed by atoms with Crippen molar-refractivity contribution < 1.29 is 13.9 Å². The Hall–Kier alpha value is -3.07. The smallest absolute Gasteiger partial charge is 0.348 e. The van der Waals surface area contributed by atoms with Crippen LogP contribution in [-0.2, 0) is 11.3 Å². The normalized spacial score (nSPS) is 10.4. The van der Waals surface area contributed by atoms with Crippen molar-refractivity contribution in [2.24, 2.45) is 0 Å². The van der Waals surface area contributed by atoms with Crippen LogP contribution in [0.4, 0.5) is 22.0 Å². The van der Waals surface area contributed by atoms with Crippen molar-refractivity contribution in [2.75, 3.05) is 11.1 Å². The number of rotatable bonds is 5. The Labute approximate surface area is 140 Å². The van der Waals surface area contributed by atoms with E-state index in [0.717, 1.165) is 0 Å². The van der Waals surface area contributed by atoms with E-state index in [4.69, 9.17) is 10.5 Å². The van der Waals surface area contributed by atoms with Crippen molar-refractivity contribution in [1.82, 2.24) is 15.0 Å². The molecule has 0 atom stereocenters. The van der Waals surface area contributed by atoms with Gasteiger partial charge in [0.05, 0.1) is 0 Å². The quantitative estimate of drug-likeness (QED) is 0.685. The summed E-state index contributed by atoms with van der Waals surface area (Å²) in [6, 6.07) is 9.09. The number of halogens is 1. The fraction of sp³-hybridized carbons (Fsp3) is 0.0667. The van der Waals surface area contributed by atoms with Gasteiger partial charge in [-0.3, -0.25) is 0 Å². The Bertz CT molecular complexity index is 840. The van der Waals surface area contributed by atoms with Crippen molar-refractivity contribution in [2.45, 2.75) is 6.61 Å². The molecule has 122 valence electrons. The number of hydrogen-bond donors (Lipinski definition) is 2. The van der Waals surface area contributed by atoms with Gasteiger partial charge in [0.1, 0.15) is 10.7 Å². The maximum atomic E-state index is 12.9. The van der Waals surface area contributed by atoms with Gasteiger partial charge in [-0.1, -0.05) is 6.07 Å². The number of benzene rings is 1. The van der Waals surface area contributed by atoms with Gasteiger partial charge in [-0.15, -0.1) is 11.3 Å². The van der Waals surface area contributed by atoms with Crippen LogP contribution >= 0.6 is 11.3 Å². The summed E-state index contributed by atoms with van der Waals surface area (Å²) in [7, 11) is 0. The minimum atomic E-state index is -0.461. The molecule has 2 aromatic heterocycles. The molecule has 0 radical (unpaired) electrons. The van der Waals surface area contributed by atoms with E-state index >= 15 is 0 Å². The standard InChI is InChI=1S/C15H12FN5O2S/c16-9-3-5-10(6-4-9)18-15-20-12(19-14(17)21-15)8-23-13(22)11-2-1-7-24-11/h1-7H,8H2,(H3,17,18,19,20,21). The van der Waals surface area contributed by atoms with Crippen molar-refractivity contribution in [3.63, 3.8) is 0 Å². The number of thiophene rings is 1. The van der Waals surface area contributed by atoms with Crippen LogP contribution in [-0.4, -0.2) is 20.9 Å². The topological polar surface area (TPSA) is 103 Å². The Morgan fingerprint density at radius 1 is 1.21 bits per heavy atom. The number of carbonyl (C=O) groups is 1. The molecule has 3 rings (SSSR count). The largest absolute Gasteiger partial charge is 0.453 e. The molecule has 0 fully saturated rings. The molecule has 2 heterocycles. The van der Waals surface area contributed by atoms with Gasteiger partial charge in [0.15, 0.2) is 12.4 Å². The first-order valence-corrected chi connectivity index (χ1v) is 7.72. The second-order valence-corrected chi connectivity index (χ2v) is 5.57. The highest BCUT2D eigenvalue weighted by atomic mass is 32.1. The summed E-state index contributed by atoms with van der Waals surface area (Å²) in [5, 5.41) is 4.66. The van der Waals surface area contributed by atoms with Gasteiger partial charge in [0, 0.05) is 5.69 Å². The maximum absolute atomic E-state index is 12.9. The molecule has 1 aromatic carbocycles. The van der Waals surface area contributed by atoms with Crippen molar-refractivity contribution in [3.05, 3.63) is 58.3 Å². The minimum absolute atomic E-state index is 0.0169. The van der Waals surface area contributed by atoms with Crippen LogP contribution in [0.2, 0.25) is 0 Å². The SMILES string of the molecule is Nc1nc(COC(=O)c2cccs2)nc(Nc2ccc(F)cc2)n1. The highest BCUT2D eigenvalue weighted by Crippen LogP contribution is 2.15. The third-order valence-corrected chi connectivity index (χ3v) is 3.70. The third-order valence-electron chi connectivity index (χ3n) is 2.85. The number of nitrogens with two attached hydrogens (primary N) is 1. The number of anilines is 3. The Morgan fingerprint density at radius 2 is 2.00 bits per heavy atom. The fourth-order valence-electron chi connectivity index (χ4n) is 1.82. The van der Waals surface area contributed by atoms with Gasteiger partial charge >= 0.3 is 5.97 Å². The number of esters is 1. The molecule has 0 aliphatic carbocycles. The average molecular weight is 345 g/mol. The predicted molar refractivity (Wildman–Crippen MR) is 87.4 cm³/mol. The molecule has 0 aliphatic heterocycles. The molecule has 0 amide bonds. The molecular weight excluding hydrogens is 333 g/mol. The van der Waals surface area contributed by atoms with Crippen LogP contribution in [0, 0.1) is 5.82 Å². The number of aromatic nitrogens is 3. The molecule has 0 spiro atoms. The van der Waals surface area contributed by atoms with Gasteiger partial charge in [0.2, 0.25) is 11.9 Å². The fourth-order valence-corrected chi connectivity index (χ4v) is 2.43. The minimum Gasteiger partial charge on any atom is -0.453 e. The lowest BCUT2D eigenvalue weighted by Crippen LogP contribution is -2.10. The monoisotopic (exact) mass is 345 g/mol. The molecule has 0 bridgehead atoms. The number of hydrogen-bond acceptors (Lipinski definition) is 8. The van der Waals surface area contributed by atoms with Crippen LogP contribution in [0.25, 0.3) is 0 Å². The van der Waals surface area contributed by atoms with E-state index in [1.165, 1.54) is 35.6 Å². The van der Waals surface area contributed by atoms with E-state index in [2.05, 4.69) is 20.3 Å². The molecule has 9 heteroatoms. The summed E-state index contributed by atoms with van der Waals surface area (Å²) >= 11 is 1.28. The second-order valence-electron chi connectivity index (χ2n) is 4.62. The van der Waals surface area contributed by atoms with Crippen LogP contribution in [0.3, 0.4) is 0 Å². The molecule has 0 unspecified atom stereocenters.